The summed E-state index contributed by atoms with van der Waals surface area (Å²) in [6.07, 6.45) is -1.91. The summed E-state index contributed by atoms with van der Waals surface area (Å²) in [6, 6.07) is 5.16. The van der Waals surface area contributed by atoms with Gasteiger partial charge >= 0.3 is 13.3 Å². The molecule has 2 rings (SSSR count). The van der Waals surface area contributed by atoms with Crippen molar-refractivity contribution in [3.05, 3.63) is 47.4 Å². The van der Waals surface area contributed by atoms with Crippen molar-refractivity contribution in [3.63, 3.8) is 0 Å². The molecule has 0 saturated carbocycles. The van der Waals surface area contributed by atoms with E-state index in [9.17, 15) is 13.2 Å². The summed E-state index contributed by atoms with van der Waals surface area (Å²) in [7, 11) is -0.431. The first-order valence-corrected chi connectivity index (χ1v) is 7.20. The lowest BCUT2D eigenvalue weighted by atomic mass is 9.89. The third kappa shape index (κ3) is 3.73. The second-order valence-corrected chi connectivity index (χ2v) is 6.45. The fraction of sp³-hybridized carbons (Fsp3) is 0.500. The van der Waals surface area contributed by atoms with Crippen molar-refractivity contribution in [2.24, 2.45) is 0 Å². The van der Waals surface area contributed by atoms with Crippen molar-refractivity contribution in [2.75, 3.05) is 0 Å². The Bertz CT molecular complexity index is 532. The van der Waals surface area contributed by atoms with Crippen LogP contribution >= 0.6 is 0 Å². The van der Waals surface area contributed by atoms with Gasteiger partial charge < -0.3 is 9.31 Å². The Morgan fingerprint density at radius 2 is 1.50 bits per heavy atom. The third-order valence-electron chi connectivity index (χ3n) is 4.20. The zero-order chi connectivity index (χ0) is 16.6. The predicted molar refractivity (Wildman–Crippen MR) is 80.4 cm³/mol. The van der Waals surface area contributed by atoms with Crippen LogP contribution in [-0.4, -0.2) is 18.3 Å². The molecule has 0 bridgehead atoms. The van der Waals surface area contributed by atoms with Gasteiger partial charge in [0.15, 0.2) is 0 Å². The Morgan fingerprint density at radius 1 is 1.00 bits per heavy atom. The quantitative estimate of drug-likeness (QED) is 0.769. The van der Waals surface area contributed by atoms with E-state index in [1.54, 1.807) is 5.98 Å². The average Bonchev–Trinajstić information content (AvgIpc) is 2.57. The fourth-order valence-corrected chi connectivity index (χ4v) is 2.11. The molecule has 1 aliphatic rings. The zero-order valence-electron chi connectivity index (χ0n) is 13.2. The maximum absolute atomic E-state index is 12.5. The van der Waals surface area contributed by atoms with Crippen LogP contribution in [0, 0.1) is 0 Å². The van der Waals surface area contributed by atoms with E-state index in [0.29, 0.717) is 6.42 Å². The van der Waals surface area contributed by atoms with Crippen LogP contribution < -0.4 is 0 Å². The molecule has 0 amide bonds. The molecule has 0 atom stereocenters. The Hall–Kier alpha value is -1.27. The average molecular weight is 312 g/mol. The number of rotatable bonds is 3. The van der Waals surface area contributed by atoms with E-state index < -0.39 is 30.1 Å². The van der Waals surface area contributed by atoms with Crippen molar-refractivity contribution in [3.8, 4) is 0 Å². The van der Waals surface area contributed by atoms with Gasteiger partial charge in [-0.05, 0) is 51.8 Å². The molecule has 1 fully saturated rings. The van der Waals surface area contributed by atoms with Gasteiger partial charge in [-0.25, -0.2) is 0 Å². The maximum Gasteiger partial charge on any atom is 0.486 e. The molecule has 1 heterocycles. The smallest absolute Gasteiger partial charge is 0.400 e. The Labute approximate surface area is 129 Å². The summed E-state index contributed by atoms with van der Waals surface area (Å²) >= 11 is 0. The standard InChI is InChI=1S/C16H20BF3O2/c1-14(2)15(3,4)22-17(21-14)11-5-6-12-7-9-13(10-8-12)16(18,19)20/h5,7-11H,6H2,1-4H3. The summed E-state index contributed by atoms with van der Waals surface area (Å²) in [6.45, 7) is 7.88. The number of halogens is 3. The van der Waals surface area contributed by atoms with E-state index in [2.05, 4.69) is 0 Å². The third-order valence-corrected chi connectivity index (χ3v) is 4.20. The van der Waals surface area contributed by atoms with E-state index in [1.807, 2.05) is 33.8 Å². The summed E-state index contributed by atoms with van der Waals surface area (Å²) in [4.78, 5) is 0. The van der Waals surface area contributed by atoms with Gasteiger partial charge in [-0.1, -0.05) is 24.2 Å². The van der Waals surface area contributed by atoms with Crippen molar-refractivity contribution in [1.82, 2.24) is 0 Å². The molecule has 1 aliphatic heterocycles. The highest BCUT2D eigenvalue weighted by Gasteiger charge is 2.49. The number of hydrogen-bond acceptors (Lipinski definition) is 2. The van der Waals surface area contributed by atoms with Gasteiger partial charge in [-0.15, -0.1) is 0 Å². The van der Waals surface area contributed by atoms with Crippen LogP contribution in [0.3, 0.4) is 0 Å². The van der Waals surface area contributed by atoms with Crippen molar-refractivity contribution >= 4 is 7.12 Å². The van der Waals surface area contributed by atoms with Crippen LogP contribution in [-0.2, 0) is 21.9 Å². The molecule has 1 aromatic carbocycles. The Balaban J connectivity index is 1.94. The van der Waals surface area contributed by atoms with E-state index in [-0.39, 0.29) is 0 Å². The van der Waals surface area contributed by atoms with Crippen LogP contribution in [0.25, 0.3) is 0 Å². The highest BCUT2D eigenvalue weighted by molar-refractivity contribution is 6.51. The first-order valence-electron chi connectivity index (χ1n) is 7.20. The lowest BCUT2D eigenvalue weighted by molar-refractivity contribution is -0.137. The van der Waals surface area contributed by atoms with Gasteiger partial charge in [-0.2, -0.15) is 13.2 Å². The zero-order valence-corrected chi connectivity index (χ0v) is 13.2. The molecule has 1 saturated heterocycles. The minimum absolute atomic E-state index is 0.392. The van der Waals surface area contributed by atoms with Crippen LogP contribution in [0.1, 0.15) is 38.8 Å². The van der Waals surface area contributed by atoms with Crippen LogP contribution in [0.2, 0.25) is 0 Å². The molecule has 0 N–H and O–H groups in total. The molecule has 0 aliphatic carbocycles. The second-order valence-electron chi connectivity index (χ2n) is 6.45. The topological polar surface area (TPSA) is 18.5 Å². The summed E-state index contributed by atoms with van der Waals surface area (Å²) in [5.74, 6) is 1.80. The van der Waals surface area contributed by atoms with Crippen molar-refractivity contribution in [1.29, 1.82) is 0 Å². The van der Waals surface area contributed by atoms with Gasteiger partial charge in [0.25, 0.3) is 0 Å². The van der Waals surface area contributed by atoms with Crippen LogP contribution in [0.4, 0.5) is 13.2 Å². The van der Waals surface area contributed by atoms with E-state index in [0.717, 1.165) is 17.7 Å². The molecule has 120 valence electrons. The van der Waals surface area contributed by atoms with Gasteiger partial charge in [0.05, 0.1) is 16.8 Å². The van der Waals surface area contributed by atoms with Crippen LogP contribution in [0.5, 0.6) is 0 Å². The molecule has 0 unspecified atom stereocenters. The second kappa shape index (κ2) is 5.74. The molecular weight excluding hydrogens is 292 g/mol. The fourth-order valence-electron chi connectivity index (χ4n) is 2.11. The summed E-state index contributed by atoms with van der Waals surface area (Å²) in [5.41, 5.74) is -0.612. The summed E-state index contributed by atoms with van der Waals surface area (Å²) < 4.78 is 49.0. The van der Waals surface area contributed by atoms with E-state index in [1.165, 1.54) is 12.1 Å². The monoisotopic (exact) mass is 312 g/mol. The Morgan fingerprint density at radius 3 is 1.95 bits per heavy atom. The lowest BCUT2D eigenvalue weighted by Gasteiger charge is -2.32. The Kier molecular flexibility index (Phi) is 4.46. The van der Waals surface area contributed by atoms with Crippen molar-refractivity contribution in [2.45, 2.75) is 51.5 Å². The molecule has 2 nitrogen and oxygen atoms in total. The largest absolute Gasteiger partial charge is 0.486 e. The molecule has 6 heteroatoms. The normalized spacial score (nSPS) is 20.8. The number of benzene rings is 1. The molecular formula is C16H20BF3O2. The minimum atomic E-state index is -4.29. The highest BCUT2D eigenvalue weighted by atomic mass is 19.4. The van der Waals surface area contributed by atoms with Gasteiger partial charge in [0.2, 0.25) is 0 Å². The van der Waals surface area contributed by atoms with Gasteiger partial charge in [-0.3, -0.25) is 0 Å². The van der Waals surface area contributed by atoms with E-state index >= 15 is 0 Å². The predicted octanol–water partition coefficient (Wildman–Crippen LogP) is 4.44. The van der Waals surface area contributed by atoms with Crippen molar-refractivity contribution < 1.29 is 22.5 Å². The molecule has 0 radical (unpaired) electrons. The van der Waals surface area contributed by atoms with Gasteiger partial charge in [0, 0.05) is 0 Å². The lowest BCUT2D eigenvalue weighted by Crippen LogP contribution is -2.41. The first-order chi connectivity index (χ1) is 10.0. The van der Waals surface area contributed by atoms with Crippen LogP contribution in [0.15, 0.2) is 36.3 Å². The van der Waals surface area contributed by atoms with Gasteiger partial charge in [0.1, 0.15) is 0 Å². The summed E-state index contributed by atoms with van der Waals surface area (Å²) in [5, 5.41) is 0. The molecule has 22 heavy (non-hydrogen) atoms. The first kappa shape index (κ1) is 17.1. The maximum atomic E-state index is 12.5. The minimum Gasteiger partial charge on any atom is -0.400 e. The molecule has 1 aromatic rings. The molecule has 0 aromatic heterocycles. The number of alkyl halides is 3. The van der Waals surface area contributed by atoms with E-state index in [4.69, 9.17) is 9.31 Å². The molecule has 0 spiro atoms. The number of hydrogen-bond donors (Lipinski definition) is 0. The SMILES string of the molecule is CC1(C)OB(C=CCc2ccc(C(F)(F)F)cc2)OC1(C)C. The highest BCUT2D eigenvalue weighted by Crippen LogP contribution is 2.36. The number of allylic oxidation sites excluding steroid dienone is 1.